The molecule has 0 unspecified atom stereocenters. The topological polar surface area (TPSA) is 69.6 Å². The van der Waals surface area contributed by atoms with Gasteiger partial charge in [-0.25, -0.2) is 8.42 Å². The van der Waals surface area contributed by atoms with Gasteiger partial charge in [0, 0.05) is 40.3 Å². The van der Waals surface area contributed by atoms with Crippen molar-refractivity contribution >= 4 is 44.6 Å². The maximum absolute atomic E-state index is 12.6. The summed E-state index contributed by atoms with van der Waals surface area (Å²) < 4.78 is 27.4. The van der Waals surface area contributed by atoms with E-state index in [1.165, 1.54) is 4.31 Å². The van der Waals surface area contributed by atoms with E-state index < -0.39 is 10.0 Å². The van der Waals surface area contributed by atoms with Crippen molar-refractivity contribution in [2.45, 2.75) is 4.21 Å². The van der Waals surface area contributed by atoms with Gasteiger partial charge < -0.3 is 9.80 Å². The number of hydrogen-bond acceptors (Lipinski definition) is 7. The van der Waals surface area contributed by atoms with Crippen LogP contribution in [0.15, 0.2) is 28.5 Å². The zero-order valence-electron chi connectivity index (χ0n) is 13.4. The third-order valence-electron chi connectivity index (χ3n) is 3.80. The molecule has 24 heavy (non-hydrogen) atoms. The third kappa shape index (κ3) is 3.49. The normalized spacial score (nSPS) is 16.4. The average Bonchev–Trinajstić information content (AvgIpc) is 3.02. The molecular weight excluding hydrogens is 370 g/mol. The highest BCUT2D eigenvalue weighted by Crippen LogP contribution is 2.29. The molecule has 2 aromatic rings. The van der Waals surface area contributed by atoms with Crippen molar-refractivity contribution < 1.29 is 8.42 Å². The fraction of sp³-hybridized carbons (Fsp3) is 0.429. The molecule has 130 valence electrons. The molecule has 0 aromatic carbocycles. The van der Waals surface area contributed by atoms with Crippen molar-refractivity contribution in [1.82, 2.24) is 14.5 Å². The minimum Gasteiger partial charge on any atom is -0.361 e. The Labute approximate surface area is 150 Å². The first kappa shape index (κ1) is 17.4. The molecule has 0 saturated carbocycles. The van der Waals surface area contributed by atoms with Crippen LogP contribution in [0.5, 0.6) is 0 Å². The lowest BCUT2D eigenvalue weighted by atomic mass is 10.3. The molecule has 1 fully saturated rings. The van der Waals surface area contributed by atoms with Crippen molar-refractivity contribution in [3.05, 3.63) is 28.6 Å². The quantitative estimate of drug-likeness (QED) is 0.796. The summed E-state index contributed by atoms with van der Waals surface area (Å²) in [6.45, 7) is 1.98. The summed E-state index contributed by atoms with van der Waals surface area (Å²) in [4.78, 5) is 3.92. The van der Waals surface area contributed by atoms with Gasteiger partial charge in [0.25, 0.3) is 10.0 Å². The highest BCUT2D eigenvalue weighted by molar-refractivity contribution is 7.91. The van der Waals surface area contributed by atoms with E-state index >= 15 is 0 Å². The smallest absolute Gasteiger partial charge is 0.252 e. The molecule has 1 aliphatic heterocycles. The van der Waals surface area contributed by atoms with Crippen LogP contribution in [0.4, 0.5) is 11.6 Å². The lowest BCUT2D eigenvalue weighted by Gasteiger charge is -2.34. The zero-order chi connectivity index (χ0) is 17.3. The Hall–Kier alpha value is -1.42. The number of thiophene rings is 1. The van der Waals surface area contributed by atoms with Crippen LogP contribution < -0.4 is 9.80 Å². The second kappa shape index (κ2) is 6.83. The maximum atomic E-state index is 12.6. The van der Waals surface area contributed by atoms with E-state index in [4.69, 9.17) is 11.6 Å². The number of anilines is 2. The molecule has 2 aromatic heterocycles. The van der Waals surface area contributed by atoms with Crippen LogP contribution in [0, 0.1) is 0 Å². The van der Waals surface area contributed by atoms with Gasteiger partial charge >= 0.3 is 0 Å². The minimum atomic E-state index is -3.47. The number of halogens is 1. The van der Waals surface area contributed by atoms with Crippen molar-refractivity contribution in [2.24, 2.45) is 0 Å². The predicted octanol–water partition coefficient (Wildman–Crippen LogP) is 1.77. The number of nitrogens with zero attached hydrogens (tertiary/aromatic N) is 5. The molecule has 0 aliphatic carbocycles. The summed E-state index contributed by atoms with van der Waals surface area (Å²) in [6.07, 6.45) is 0. The van der Waals surface area contributed by atoms with Crippen LogP contribution in [-0.2, 0) is 10.0 Å². The number of piperazine rings is 1. The van der Waals surface area contributed by atoms with E-state index in [0.29, 0.717) is 30.5 Å². The fourth-order valence-corrected chi connectivity index (χ4v) is 5.51. The fourth-order valence-electron chi connectivity index (χ4n) is 2.45. The van der Waals surface area contributed by atoms with Crippen molar-refractivity contribution in [3.63, 3.8) is 0 Å². The number of hydrogen-bond donors (Lipinski definition) is 0. The Morgan fingerprint density at radius 3 is 2.29 bits per heavy atom. The van der Waals surface area contributed by atoms with E-state index in [9.17, 15) is 8.42 Å². The van der Waals surface area contributed by atoms with Gasteiger partial charge in [-0.05, 0) is 24.3 Å². The van der Waals surface area contributed by atoms with Gasteiger partial charge in [-0.3, -0.25) is 0 Å². The largest absolute Gasteiger partial charge is 0.361 e. The summed E-state index contributed by atoms with van der Waals surface area (Å²) in [5.74, 6) is 1.55. The first-order chi connectivity index (χ1) is 11.4. The molecule has 1 aliphatic rings. The molecule has 0 spiro atoms. The van der Waals surface area contributed by atoms with E-state index in [2.05, 4.69) is 10.2 Å². The van der Waals surface area contributed by atoms with Gasteiger partial charge in [-0.15, -0.1) is 21.5 Å². The summed E-state index contributed by atoms with van der Waals surface area (Å²) in [5.41, 5.74) is 0. The Balaban J connectivity index is 1.67. The second-order valence-corrected chi connectivity index (χ2v) is 9.47. The predicted molar refractivity (Wildman–Crippen MR) is 96.7 cm³/mol. The van der Waals surface area contributed by atoms with Crippen LogP contribution in [0.25, 0.3) is 0 Å². The van der Waals surface area contributed by atoms with Crippen LogP contribution in [0.3, 0.4) is 0 Å². The van der Waals surface area contributed by atoms with E-state index in [1.807, 2.05) is 36.0 Å². The number of aromatic nitrogens is 2. The Morgan fingerprint density at radius 2 is 1.79 bits per heavy atom. The number of sulfonamides is 1. The molecular formula is C14H18ClN5O2S2. The van der Waals surface area contributed by atoms with Crippen LogP contribution in [0.1, 0.15) is 0 Å². The van der Waals surface area contributed by atoms with Crippen molar-refractivity contribution in [1.29, 1.82) is 0 Å². The molecule has 0 radical (unpaired) electrons. The standard InChI is InChI=1S/C14H18ClN5O2S2/c1-18(2)12-4-5-13(17-16-12)19-7-9-20(10-8-19)24(21,22)14-6-3-11(15)23-14/h3-6H,7-10H2,1-2H3. The van der Waals surface area contributed by atoms with Crippen LogP contribution >= 0.6 is 22.9 Å². The van der Waals surface area contributed by atoms with Crippen molar-refractivity contribution in [3.8, 4) is 0 Å². The minimum absolute atomic E-state index is 0.288. The molecule has 10 heteroatoms. The third-order valence-corrected chi connectivity index (χ3v) is 7.40. The maximum Gasteiger partial charge on any atom is 0.252 e. The highest BCUT2D eigenvalue weighted by atomic mass is 35.5. The van der Waals surface area contributed by atoms with Crippen LogP contribution in [0.2, 0.25) is 4.34 Å². The molecule has 3 heterocycles. The van der Waals surface area contributed by atoms with Crippen LogP contribution in [-0.4, -0.2) is 63.2 Å². The summed E-state index contributed by atoms with van der Waals surface area (Å²) in [7, 11) is 0.347. The van der Waals surface area contributed by atoms with Gasteiger partial charge in [0.15, 0.2) is 11.6 Å². The van der Waals surface area contributed by atoms with Gasteiger partial charge in [-0.2, -0.15) is 4.31 Å². The van der Waals surface area contributed by atoms with Gasteiger partial charge in [-0.1, -0.05) is 11.6 Å². The van der Waals surface area contributed by atoms with E-state index in [1.54, 1.807) is 12.1 Å². The average molecular weight is 388 g/mol. The summed E-state index contributed by atoms with van der Waals surface area (Å²) >= 11 is 6.94. The Morgan fingerprint density at radius 1 is 1.08 bits per heavy atom. The summed E-state index contributed by atoms with van der Waals surface area (Å²) in [6, 6.07) is 6.97. The number of rotatable bonds is 4. The SMILES string of the molecule is CN(C)c1ccc(N2CCN(S(=O)(=O)c3ccc(Cl)s3)CC2)nn1. The second-order valence-electron chi connectivity index (χ2n) is 5.59. The first-order valence-electron chi connectivity index (χ1n) is 7.39. The highest BCUT2D eigenvalue weighted by Gasteiger charge is 2.30. The molecule has 7 nitrogen and oxygen atoms in total. The molecule has 0 N–H and O–H groups in total. The molecule has 0 atom stereocenters. The summed E-state index contributed by atoms with van der Waals surface area (Å²) in [5, 5.41) is 8.38. The molecule has 1 saturated heterocycles. The molecule has 0 bridgehead atoms. The zero-order valence-corrected chi connectivity index (χ0v) is 15.8. The first-order valence-corrected chi connectivity index (χ1v) is 10.0. The van der Waals surface area contributed by atoms with Gasteiger partial charge in [0.1, 0.15) is 4.21 Å². The lowest BCUT2D eigenvalue weighted by Crippen LogP contribution is -2.48. The Kier molecular flexibility index (Phi) is 4.95. The lowest BCUT2D eigenvalue weighted by molar-refractivity contribution is 0.384. The molecule has 3 rings (SSSR count). The molecule has 0 amide bonds. The van der Waals surface area contributed by atoms with Gasteiger partial charge in [0.2, 0.25) is 0 Å². The Bertz CT molecular complexity index is 799. The van der Waals surface area contributed by atoms with Crippen molar-refractivity contribution in [2.75, 3.05) is 50.1 Å². The van der Waals surface area contributed by atoms with Gasteiger partial charge in [0.05, 0.1) is 4.34 Å². The van der Waals surface area contributed by atoms with E-state index in [0.717, 1.165) is 23.0 Å². The monoisotopic (exact) mass is 387 g/mol. The van der Waals surface area contributed by atoms with E-state index in [-0.39, 0.29) is 4.21 Å².